The van der Waals surface area contributed by atoms with Crippen LogP contribution in [0, 0.1) is 0 Å². The second-order valence-corrected chi connectivity index (χ2v) is 6.98. The Hall–Kier alpha value is -1.16. The van der Waals surface area contributed by atoms with Gasteiger partial charge in [0.25, 0.3) is 0 Å². The van der Waals surface area contributed by atoms with Crippen molar-refractivity contribution in [3.05, 3.63) is 35.4 Å². The minimum Gasteiger partial charge on any atom is -0.295 e. The van der Waals surface area contributed by atoms with E-state index in [1.807, 2.05) is 0 Å². The molecule has 0 N–H and O–H groups in total. The van der Waals surface area contributed by atoms with Gasteiger partial charge >= 0.3 is 0 Å². The maximum absolute atomic E-state index is 11.6. The number of ketones is 1. The van der Waals surface area contributed by atoms with Crippen LogP contribution in [0.1, 0.15) is 36.7 Å². The van der Waals surface area contributed by atoms with Crippen molar-refractivity contribution in [1.82, 2.24) is 0 Å². The first-order valence-corrected chi connectivity index (χ1v) is 6.86. The van der Waals surface area contributed by atoms with Crippen LogP contribution < -0.4 is 0 Å². The van der Waals surface area contributed by atoms with Crippen LogP contribution in [0.15, 0.2) is 24.3 Å². The predicted octanol–water partition coefficient (Wildman–Crippen LogP) is 2.17. The highest BCUT2D eigenvalue weighted by Crippen LogP contribution is 2.28. The summed E-state index contributed by atoms with van der Waals surface area (Å²) in [5.41, 5.74) is 1.29. The van der Waals surface area contributed by atoms with E-state index in [0.29, 0.717) is 11.1 Å². The van der Waals surface area contributed by atoms with Crippen molar-refractivity contribution < 1.29 is 13.2 Å². The summed E-state index contributed by atoms with van der Waals surface area (Å²) < 4.78 is 22.3. The standard InChI is InChI=1S/C12H16O3S/c1-9(13)10-5-7-11(8-6-10)12(2,3)16(4,14)15/h5-8H,1-4H3. The third-order valence-corrected chi connectivity index (χ3v) is 5.00. The highest BCUT2D eigenvalue weighted by Gasteiger charge is 2.31. The Morgan fingerprint density at radius 1 is 1.12 bits per heavy atom. The maximum Gasteiger partial charge on any atom is 0.159 e. The summed E-state index contributed by atoms with van der Waals surface area (Å²) in [5, 5.41) is 0. The van der Waals surface area contributed by atoms with Crippen LogP contribution in [0.3, 0.4) is 0 Å². The summed E-state index contributed by atoms with van der Waals surface area (Å²) in [7, 11) is -3.17. The molecule has 0 amide bonds. The molecular formula is C12H16O3S. The van der Waals surface area contributed by atoms with E-state index in [0.717, 1.165) is 0 Å². The van der Waals surface area contributed by atoms with Crippen LogP contribution in [0.5, 0.6) is 0 Å². The molecule has 0 aliphatic carbocycles. The van der Waals surface area contributed by atoms with E-state index in [2.05, 4.69) is 0 Å². The van der Waals surface area contributed by atoms with Crippen LogP contribution in [0.25, 0.3) is 0 Å². The Morgan fingerprint density at radius 2 is 1.56 bits per heavy atom. The fourth-order valence-corrected chi connectivity index (χ4v) is 1.88. The Labute approximate surface area is 96.4 Å². The van der Waals surface area contributed by atoms with Gasteiger partial charge in [0.1, 0.15) is 0 Å². The minimum atomic E-state index is -3.17. The Balaban J connectivity index is 3.22. The number of carbonyl (C=O) groups excluding carboxylic acids is 1. The molecule has 0 aliphatic rings. The number of hydrogen-bond donors (Lipinski definition) is 0. The van der Waals surface area contributed by atoms with Crippen molar-refractivity contribution in [3.63, 3.8) is 0 Å². The zero-order chi connectivity index (χ0) is 12.6. The fourth-order valence-electron chi connectivity index (χ4n) is 1.32. The molecule has 0 atom stereocenters. The van der Waals surface area contributed by atoms with Gasteiger partial charge in [0.2, 0.25) is 0 Å². The highest BCUT2D eigenvalue weighted by atomic mass is 32.2. The number of rotatable bonds is 3. The topological polar surface area (TPSA) is 51.2 Å². The number of benzene rings is 1. The summed E-state index contributed by atoms with van der Waals surface area (Å²) in [6.07, 6.45) is 1.21. The van der Waals surface area contributed by atoms with E-state index in [9.17, 15) is 13.2 Å². The van der Waals surface area contributed by atoms with Gasteiger partial charge in [0.05, 0.1) is 4.75 Å². The zero-order valence-electron chi connectivity index (χ0n) is 9.94. The molecule has 1 aromatic carbocycles. The molecule has 1 rings (SSSR count). The van der Waals surface area contributed by atoms with Gasteiger partial charge < -0.3 is 0 Å². The molecule has 0 heterocycles. The van der Waals surface area contributed by atoms with Gasteiger partial charge in [-0.3, -0.25) is 4.79 Å². The number of hydrogen-bond acceptors (Lipinski definition) is 3. The van der Waals surface area contributed by atoms with Crippen molar-refractivity contribution in [2.75, 3.05) is 6.26 Å². The molecule has 0 fully saturated rings. The molecule has 88 valence electrons. The van der Waals surface area contributed by atoms with Crippen LogP contribution in [0.4, 0.5) is 0 Å². The van der Waals surface area contributed by atoms with Crippen LogP contribution in [0.2, 0.25) is 0 Å². The van der Waals surface area contributed by atoms with Gasteiger partial charge in [-0.15, -0.1) is 0 Å². The van der Waals surface area contributed by atoms with Gasteiger partial charge in [0, 0.05) is 11.8 Å². The summed E-state index contributed by atoms with van der Waals surface area (Å²) in [4.78, 5) is 11.1. The highest BCUT2D eigenvalue weighted by molar-refractivity contribution is 7.91. The second kappa shape index (κ2) is 4.01. The first-order valence-electron chi connectivity index (χ1n) is 4.97. The largest absolute Gasteiger partial charge is 0.295 e. The maximum atomic E-state index is 11.6. The van der Waals surface area contributed by atoms with Gasteiger partial charge in [-0.25, -0.2) is 8.42 Å². The number of Topliss-reactive ketones (excluding diaryl/α,β-unsaturated/α-hetero) is 1. The summed E-state index contributed by atoms with van der Waals surface area (Å²) >= 11 is 0. The molecule has 4 heteroatoms. The SMILES string of the molecule is CC(=O)c1ccc(C(C)(C)S(C)(=O)=O)cc1. The Morgan fingerprint density at radius 3 is 1.88 bits per heavy atom. The van der Waals surface area contributed by atoms with Crippen molar-refractivity contribution in [2.24, 2.45) is 0 Å². The Kier molecular flexibility index (Phi) is 3.24. The van der Waals surface area contributed by atoms with Crippen molar-refractivity contribution >= 4 is 15.6 Å². The molecule has 0 unspecified atom stereocenters. The normalized spacial score (nSPS) is 12.5. The lowest BCUT2D eigenvalue weighted by molar-refractivity contribution is 0.101. The molecule has 0 bridgehead atoms. The van der Waals surface area contributed by atoms with E-state index in [1.165, 1.54) is 13.2 Å². The van der Waals surface area contributed by atoms with Crippen LogP contribution >= 0.6 is 0 Å². The van der Waals surface area contributed by atoms with Gasteiger partial charge in [0.15, 0.2) is 15.6 Å². The van der Waals surface area contributed by atoms with Gasteiger partial charge in [-0.2, -0.15) is 0 Å². The van der Waals surface area contributed by atoms with E-state index >= 15 is 0 Å². The minimum absolute atomic E-state index is 0.0243. The average molecular weight is 240 g/mol. The van der Waals surface area contributed by atoms with E-state index in [1.54, 1.807) is 38.1 Å². The molecule has 0 spiro atoms. The van der Waals surface area contributed by atoms with Crippen molar-refractivity contribution in [2.45, 2.75) is 25.5 Å². The van der Waals surface area contributed by atoms with Crippen LogP contribution in [-0.4, -0.2) is 20.5 Å². The number of sulfone groups is 1. The average Bonchev–Trinajstić information content (AvgIpc) is 2.16. The molecule has 0 aliphatic heterocycles. The zero-order valence-corrected chi connectivity index (χ0v) is 10.8. The predicted molar refractivity (Wildman–Crippen MR) is 64.3 cm³/mol. The summed E-state index contributed by atoms with van der Waals surface area (Å²) in [6, 6.07) is 6.70. The smallest absolute Gasteiger partial charge is 0.159 e. The first kappa shape index (κ1) is 12.9. The fraction of sp³-hybridized carbons (Fsp3) is 0.417. The van der Waals surface area contributed by atoms with Gasteiger partial charge in [-0.05, 0) is 26.3 Å². The van der Waals surface area contributed by atoms with E-state index in [-0.39, 0.29) is 5.78 Å². The van der Waals surface area contributed by atoms with Crippen LogP contribution in [-0.2, 0) is 14.6 Å². The van der Waals surface area contributed by atoms with Crippen molar-refractivity contribution in [3.8, 4) is 0 Å². The lowest BCUT2D eigenvalue weighted by Crippen LogP contribution is -2.27. The third kappa shape index (κ3) is 2.32. The quantitative estimate of drug-likeness (QED) is 0.761. The number of carbonyl (C=O) groups is 1. The monoisotopic (exact) mass is 240 g/mol. The molecule has 16 heavy (non-hydrogen) atoms. The first-order chi connectivity index (χ1) is 7.16. The van der Waals surface area contributed by atoms with E-state index in [4.69, 9.17) is 0 Å². The third-order valence-electron chi connectivity index (χ3n) is 2.91. The molecule has 0 saturated heterocycles. The molecule has 3 nitrogen and oxygen atoms in total. The summed E-state index contributed by atoms with van der Waals surface area (Å²) in [6.45, 7) is 4.80. The molecule has 1 aromatic rings. The molecule has 0 aromatic heterocycles. The lowest BCUT2D eigenvalue weighted by Gasteiger charge is -2.23. The van der Waals surface area contributed by atoms with E-state index < -0.39 is 14.6 Å². The summed E-state index contributed by atoms with van der Waals surface area (Å²) in [5.74, 6) is -0.0243. The molecule has 0 saturated carbocycles. The Bertz CT molecular complexity index is 496. The molecular weight excluding hydrogens is 224 g/mol. The molecule has 0 radical (unpaired) electrons. The lowest BCUT2D eigenvalue weighted by atomic mass is 10.00. The second-order valence-electron chi connectivity index (χ2n) is 4.42. The van der Waals surface area contributed by atoms with Gasteiger partial charge in [-0.1, -0.05) is 24.3 Å². The van der Waals surface area contributed by atoms with Crippen molar-refractivity contribution in [1.29, 1.82) is 0 Å².